The molecule has 0 aliphatic carbocycles. The Kier molecular flexibility index (Phi) is 4.74. The van der Waals surface area contributed by atoms with E-state index in [0.29, 0.717) is 11.7 Å². The normalized spacial score (nSPS) is 10.4. The Bertz CT molecular complexity index is 212. The fourth-order valence-corrected chi connectivity index (χ4v) is 1.32. The minimum Gasteiger partial charge on any atom is -0.332 e. The number of hydrogen-bond acceptors (Lipinski definition) is 2. The fraction of sp³-hybridized carbons (Fsp3) is 0.667. The van der Waals surface area contributed by atoms with E-state index in [-0.39, 0.29) is 5.54 Å². The zero-order valence-electron chi connectivity index (χ0n) is 8.64. The quantitative estimate of drug-likeness (QED) is 0.389. The van der Waals surface area contributed by atoms with Crippen molar-refractivity contribution < 1.29 is 0 Å². The van der Waals surface area contributed by atoms with Crippen LogP contribution >= 0.6 is 12.2 Å². The topological polar surface area (TPSA) is 27.3 Å². The zero-order chi connectivity index (χ0) is 10.5. The average molecular weight is 199 g/mol. The van der Waals surface area contributed by atoms with E-state index in [4.69, 9.17) is 18.6 Å². The lowest BCUT2D eigenvalue weighted by molar-refractivity contribution is 0.256. The van der Waals surface area contributed by atoms with Gasteiger partial charge in [0.05, 0.1) is 6.54 Å². The van der Waals surface area contributed by atoms with Crippen molar-refractivity contribution in [1.29, 1.82) is 0 Å². The third kappa shape index (κ3) is 4.11. The Morgan fingerprint density at radius 3 is 2.38 bits per heavy atom. The van der Waals surface area contributed by atoms with Crippen molar-refractivity contribution in [2.45, 2.75) is 26.3 Å². The van der Waals surface area contributed by atoms with Crippen LogP contribution in [0.1, 0.15) is 20.8 Å². The average Bonchev–Trinajstić information content (AvgIpc) is 1.98. The van der Waals surface area contributed by atoms with Crippen molar-refractivity contribution >= 4 is 17.3 Å². The summed E-state index contributed by atoms with van der Waals surface area (Å²) in [5.74, 6) is 2.58. The van der Waals surface area contributed by atoms with Crippen molar-refractivity contribution in [2.75, 3.05) is 13.6 Å². The molecule has 0 bridgehead atoms. The van der Waals surface area contributed by atoms with Crippen molar-refractivity contribution in [3.63, 3.8) is 0 Å². The van der Waals surface area contributed by atoms with Crippen LogP contribution in [0.15, 0.2) is 0 Å². The summed E-state index contributed by atoms with van der Waals surface area (Å²) in [5, 5.41) is 0.618. The molecule has 13 heavy (non-hydrogen) atoms. The summed E-state index contributed by atoms with van der Waals surface area (Å²) in [5.41, 5.74) is 5.56. The summed E-state index contributed by atoms with van der Waals surface area (Å²) in [7, 11) is 1.77. The minimum atomic E-state index is -0.0622. The molecule has 0 rings (SSSR count). The molecule has 0 radical (unpaired) electrons. The first kappa shape index (κ1) is 12.2. The van der Waals surface area contributed by atoms with E-state index in [0.717, 1.165) is 0 Å². The molecule has 0 saturated heterocycles. The van der Waals surface area contributed by atoms with Gasteiger partial charge >= 0.3 is 0 Å². The second-order valence-electron chi connectivity index (χ2n) is 3.64. The van der Waals surface area contributed by atoms with Gasteiger partial charge in [-0.15, -0.1) is 6.42 Å². The van der Waals surface area contributed by atoms with Crippen LogP contribution in [0.5, 0.6) is 0 Å². The number of terminal acetylenes is 1. The molecule has 0 fully saturated rings. The number of hydrogen-bond donors (Lipinski definition) is 2. The second kappa shape index (κ2) is 5.05. The second-order valence-corrected chi connectivity index (χ2v) is 4.03. The lowest BCUT2D eigenvalue weighted by Gasteiger charge is -2.36. The van der Waals surface area contributed by atoms with Gasteiger partial charge in [0.2, 0.25) is 0 Å². The van der Waals surface area contributed by atoms with E-state index < -0.39 is 0 Å². The standard InChI is InChI=1S/C9H17N3S/c1-6-7-12(9(2,3)4)8(13)11-10-5/h1,10H,7H2,2-5H3,(H,11,13). The highest BCUT2D eigenvalue weighted by Crippen LogP contribution is 2.12. The molecule has 4 heteroatoms. The molecule has 0 saturated carbocycles. The summed E-state index contributed by atoms with van der Waals surface area (Å²) >= 11 is 5.14. The molecule has 0 heterocycles. The summed E-state index contributed by atoms with van der Waals surface area (Å²) in [4.78, 5) is 1.94. The number of rotatable bonds is 2. The van der Waals surface area contributed by atoms with Gasteiger partial charge in [-0.25, -0.2) is 5.43 Å². The largest absolute Gasteiger partial charge is 0.332 e. The maximum atomic E-state index is 5.26. The molecule has 74 valence electrons. The van der Waals surface area contributed by atoms with Gasteiger partial charge in [0, 0.05) is 12.6 Å². The Morgan fingerprint density at radius 2 is 2.08 bits per heavy atom. The first-order valence-electron chi connectivity index (χ1n) is 4.11. The monoisotopic (exact) mass is 199 g/mol. The van der Waals surface area contributed by atoms with E-state index in [2.05, 4.69) is 37.5 Å². The molecule has 0 amide bonds. The van der Waals surface area contributed by atoms with Gasteiger partial charge in [-0.1, -0.05) is 5.92 Å². The molecule has 0 aromatic carbocycles. The molecule has 0 atom stereocenters. The Labute approximate surface area is 85.8 Å². The van der Waals surface area contributed by atoms with Crippen LogP contribution in [0.3, 0.4) is 0 Å². The fourth-order valence-electron chi connectivity index (χ4n) is 0.879. The van der Waals surface area contributed by atoms with Crippen molar-refractivity contribution in [2.24, 2.45) is 0 Å². The molecule has 0 aliphatic rings. The third-order valence-corrected chi connectivity index (χ3v) is 1.86. The summed E-state index contributed by atoms with van der Waals surface area (Å²) < 4.78 is 0. The van der Waals surface area contributed by atoms with Gasteiger partial charge in [0.15, 0.2) is 5.11 Å². The maximum Gasteiger partial charge on any atom is 0.184 e. The maximum absolute atomic E-state index is 5.26. The van der Waals surface area contributed by atoms with Gasteiger partial charge in [-0.05, 0) is 33.0 Å². The van der Waals surface area contributed by atoms with E-state index >= 15 is 0 Å². The Morgan fingerprint density at radius 1 is 1.54 bits per heavy atom. The first-order chi connectivity index (χ1) is 5.93. The molecule has 0 aliphatic heterocycles. The minimum absolute atomic E-state index is 0.0622. The smallest absolute Gasteiger partial charge is 0.184 e. The zero-order valence-corrected chi connectivity index (χ0v) is 9.46. The molecule has 0 aromatic rings. The molecule has 0 spiro atoms. The number of nitrogens with zero attached hydrogens (tertiary/aromatic N) is 1. The van der Waals surface area contributed by atoms with Crippen molar-refractivity contribution in [3.05, 3.63) is 0 Å². The Hall–Kier alpha value is -0.790. The lowest BCUT2D eigenvalue weighted by atomic mass is 10.1. The van der Waals surface area contributed by atoms with Crippen LogP contribution in [0, 0.1) is 12.3 Å². The molecule has 2 N–H and O–H groups in total. The van der Waals surface area contributed by atoms with Crippen LogP contribution in [0.25, 0.3) is 0 Å². The van der Waals surface area contributed by atoms with Crippen LogP contribution in [-0.4, -0.2) is 29.1 Å². The molecule has 0 unspecified atom stereocenters. The summed E-state index contributed by atoms with van der Waals surface area (Å²) in [6, 6.07) is 0. The van der Waals surface area contributed by atoms with Gasteiger partial charge in [0.1, 0.15) is 0 Å². The molecular formula is C9H17N3S. The Balaban J connectivity index is 4.44. The highest BCUT2D eigenvalue weighted by atomic mass is 32.1. The van der Waals surface area contributed by atoms with Gasteiger partial charge < -0.3 is 4.90 Å². The van der Waals surface area contributed by atoms with Crippen LogP contribution in [0.4, 0.5) is 0 Å². The van der Waals surface area contributed by atoms with Crippen molar-refractivity contribution in [3.8, 4) is 12.3 Å². The predicted molar refractivity (Wildman–Crippen MR) is 60.1 cm³/mol. The van der Waals surface area contributed by atoms with Crippen LogP contribution < -0.4 is 10.9 Å². The number of hydrazine groups is 1. The van der Waals surface area contributed by atoms with E-state index in [9.17, 15) is 0 Å². The van der Waals surface area contributed by atoms with E-state index in [1.807, 2.05) is 4.90 Å². The predicted octanol–water partition coefficient (Wildman–Crippen LogP) is 0.729. The molecular weight excluding hydrogens is 182 g/mol. The first-order valence-corrected chi connectivity index (χ1v) is 4.52. The molecule has 0 aromatic heterocycles. The van der Waals surface area contributed by atoms with E-state index in [1.165, 1.54) is 0 Å². The van der Waals surface area contributed by atoms with Gasteiger partial charge in [-0.3, -0.25) is 5.43 Å². The van der Waals surface area contributed by atoms with Crippen LogP contribution in [0.2, 0.25) is 0 Å². The third-order valence-electron chi connectivity index (χ3n) is 1.54. The van der Waals surface area contributed by atoms with Crippen molar-refractivity contribution in [1.82, 2.24) is 15.8 Å². The number of nitrogens with one attached hydrogen (secondary N) is 2. The lowest BCUT2D eigenvalue weighted by Crippen LogP contribution is -2.53. The highest BCUT2D eigenvalue weighted by molar-refractivity contribution is 7.80. The summed E-state index contributed by atoms with van der Waals surface area (Å²) in [6.07, 6.45) is 5.26. The highest BCUT2D eigenvalue weighted by Gasteiger charge is 2.22. The summed E-state index contributed by atoms with van der Waals surface area (Å²) in [6.45, 7) is 6.70. The number of thiocarbonyl (C=S) groups is 1. The SMILES string of the molecule is C#CCN(C(=S)NNC)C(C)(C)C. The molecule has 3 nitrogen and oxygen atoms in total. The van der Waals surface area contributed by atoms with Gasteiger partial charge in [-0.2, -0.15) is 0 Å². The van der Waals surface area contributed by atoms with Gasteiger partial charge in [0.25, 0.3) is 0 Å². The van der Waals surface area contributed by atoms with E-state index in [1.54, 1.807) is 7.05 Å². The van der Waals surface area contributed by atoms with Crippen LogP contribution in [-0.2, 0) is 0 Å².